The standard InChI is InChI=1S/C40H48BrN7O5Si/c1-27-36(54(2,3)52)35(14-20-45-25-30(15-21-49)43-44-45)53-40(27)33-23-29(41)12-13-34(33)46(38(40)51)24-28-8-7-11-32(22-28)47-26-48(31-9-5-4-6-10-31)39(37(47)50)16-18-42-19-17-39/h4-13,22-23,25,27,35-36,42,49,52H,14-21,24,26H2,1-3H3/t27-,35+,36-,40+/m0/s1. The fourth-order valence-electron chi connectivity index (χ4n) is 9.59. The summed E-state index contributed by atoms with van der Waals surface area (Å²) in [7, 11) is -2.86. The molecule has 8 rings (SSSR count). The maximum absolute atomic E-state index is 15.1. The Bertz CT molecular complexity index is 2040. The van der Waals surface area contributed by atoms with Crippen molar-refractivity contribution in [1.29, 1.82) is 0 Å². The second kappa shape index (κ2) is 14.3. The second-order valence-electron chi connectivity index (χ2n) is 15.7. The number of aromatic nitrogens is 3. The Labute approximate surface area is 325 Å². The van der Waals surface area contributed by atoms with Crippen LogP contribution >= 0.6 is 15.9 Å². The van der Waals surface area contributed by atoms with Gasteiger partial charge in [-0.2, -0.15) is 0 Å². The second-order valence-corrected chi connectivity index (χ2v) is 20.6. The van der Waals surface area contributed by atoms with Crippen molar-refractivity contribution in [2.24, 2.45) is 5.92 Å². The molecule has 2 spiro atoms. The molecule has 4 aromatic rings. The summed E-state index contributed by atoms with van der Waals surface area (Å²) in [6.45, 7) is 8.69. The van der Waals surface area contributed by atoms with Gasteiger partial charge in [-0.25, -0.2) is 0 Å². The number of para-hydroxylation sites is 1. The topological polar surface area (TPSA) is 136 Å². The highest BCUT2D eigenvalue weighted by Gasteiger charge is 2.66. The molecule has 4 atom stereocenters. The van der Waals surface area contributed by atoms with Crippen LogP contribution in [0.3, 0.4) is 0 Å². The number of anilines is 3. The fraction of sp³-hybridized carbons (Fsp3) is 0.450. The lowest BCUT2D eigenvalue weighted by Crippen LogP contribution is -2.55. The van der Waals surface area contributed by atoms with Crippen LogP contribution in [0, 0.1) is 5.92 Å². The Morgan fingerprint density at radius 3 is 2.50 bits per heavy atom. The van der Waals surface area contributed by atoms with Crippen LogP contribution in [-0.4, -0.2) is 83.0 Å². The van der Waals surface area contributed by atoms with Gasteiger partial charge in [0.1, 0.15) is 5.54 Å². The number of amides is 2. The zero-order valence-electron chi connectivity index (χ0n) is 31.0. The quantitative estimate of drug-likeness (QED) is 0.190. The van der Waals surface area contributed by atoms with Gasteiger partial charge in [-0.05, 0) is 93.5 Å². The number of nitrogens with zero attached hydrogens (tertiary/aromatic N) is 6. The van der Waals surface area contributed by atoms with Crippen LogP contribution in [0.1, 0.15) is 43.0 Å². The van der Waals surface area contributed by atoms with Gasteiger partial charge < -0.3 is 29.8 Å². The van der Waals surface area contributed by atoms with Gasteiger partial charge in [0, 0.05) is 58.6 Å². The molecule has 0 unspecified atom stereocenters. The Balaban J connectivity index is 1.09. The van der Waals surface area contributed by atoms with Crippen molar-refractivity contribution in [3.05, 3.63) is 100 Å². The monoisotopic (exact) mass is 813 g/mol. The van der Waals surface area contributed by atoms with Crippen molar-refractivity contribution in [2.75, 3.05) is 41.1 Å². The van der Waals surface area contributed by atoms with Crippen molar-refractivity contribution in [1.82, 2.24) is 20.3 Å². The predicted octanol–water partition coefficient (Wildman–Crippen LogP) is 4.94. The Morgan fingerprint density at radius 1 is 1.00 bits per heavy atom. The molecule has 2 amide bonds. The normalized spacial score (nSPS) is 25.1. The van der Waals surface area contributed by atoms with Crippen LogP contribution in [0.4, 0.5) is 17.1 Å². The first-order chi connectivity index (χ1) is 26.0. The van der Waals surface area contributed by atoms with Crippen LogP contribution in [-0.2, 0) is 39.4 Å². The summed E-state index contributed by atoms with van der Waals surface area (Å²) in [5, 5.41) is 21.2. The number of piperidine rings is 1. The summed E-state index contributed by atoms with van der Waals surface area (Å²) in [6, 6.07) is 24.1. The summed E-state index contributed by atoms with van der Waals surface area (Å²) in [5.41, 5.74) is 2.89. The summed E-state index contributed by atoms with van der Waals surface area (Å²) in [5.74, 6) is -0.349. The summed E-state index contributed by atoms with van der Waals surface area (Å²) in [6.07, 6.45) is 3.85. The molecule has 12 nitrogen and oxygen atoms in total. The zero-order valence-corrected chi connectivity index (χ0v) is 33.6. The highest BCUT2D eigenvalue weighted by Crippen LogP contribution is 2.60. The molecule has 3 aromatic carbocycles. The highest BCUT2D eigenvalue weighted by molar-refractivity contribution is 9.10. The molecular formula is C40H48BrN7O5Si. The minimum atomic E-state index is -2.86. The number of carbonyl (C=O) groups excluding carboxylic acids is 2. The first-order valence-electron chi connectivity index (χ1n) is 18.9. The molecule has 284 valence electrons. The van der Waals surface area contributed by atoms with E-state index in [0.717, 1.165) is 58.6 Å². The number of halogens is 1. The number of aryl methyl sites for hydroxylation is 1. The van der Waals surface area contributed by atoms with Crippen LogP contribution in [0.15, 0.2) is 83.5 Å². The van der Waals surface area contributed by atoms with E-state index in [-0.39, 0.29) is 29.9 Å². The van der Waals surface area contributed by atoms with E-state index >= 15 is 4.79 Å². The van der Waals surface area contributed by atoms with E-state index in [9.17, 15) is 14.7 Å². The summed E-state index contributed by atoms with van der Waals surface area (Å²) in [4.78, 5) is 47.2. The molecule has 1 aromatic heterocycles. The van der Waals surface area contributed by atoms with E-state index in [1.807, 2.05) is 96.7 Å². The number of nitrogens with one attached hydrogen (secondary N) is 1. The number of aliphatic hydroxyl groups excluding tert-OH is 1. The van der Waals surface area contributed by atoms with E-state index in [4.69, 9.17) is 4.74 Å². The minimum Gasteiger partial charge on any atom is -0.432 e. The van der Waals surface area contributed by atoms with Gasteiger partial charge in [0.2, 0.25) is 0 Å². The number of ether oxygens (including phenoxy) is 1. The molecule has 14 heteroatoms. The van der Waals surface area contributed by atoms with Crippen LogP contribution in [0.25, 0.3) is 0 Å². The SMILES string of the molecule is C[C@H]1[C@H]([Si](C)(C)O)[C@@H](CCn2cc(CCO)nn2)O[C@]12C(=O)N(Cc1cccc(N3CN(c4ccccc4)C4(CCNCC4)C3=O)c1)c1ccc(Br)cc12. The first kappa shape index (κ1) is 37.0. The number of hydrogen-bond donors (Lipinski definition) is 3. The van der Waals surface area contributed by atoms with Gasteiger partial charge in [0.05, 0.1) is 30.7 Å². The van der Waals surface area contributed by atoms with E-state index < -0.39 is 25.6 Å². The molecule has 3 N–H and O–H groups in total. The molecule has 5 heterocycles. The minimum absolute atomic E-state index is 0.00340. The van der Waals surface area contributed by atoms with E-state index in [1.54, 1.807) is 4.68 Å². The predicted molar refractivity (Wildman–Crippen MR) is 212 cm³/mol. The van der Waals surface area contributed by atoms with Gasteiger partial charge in [-0.15, -0.1) is 5.10 Å². The smallest absolute Gasteiger partial charge is 0.264 e. The molecule has 0 saturated carbocycles. The third kappa shape index (κ3) is 6.20. The number of aliphatic hydroxyl groups is 1. The number of benzene rings is 3. The van der Waals surface area contributed by atoms with E-state index in [0.29, 0.717) is 38.3 Å². The maximum Gasteiger partial charge on any atom is 0.264 e. The third-order valence-electron chi connectivity index (χ3n) is 12.0. The molecule has 54 heavy (non-hydrogen) atoms. The van der Waals surface area contributed by atoms with E-state index in [2.05, 4.69) is 48.6 Å². The average Bonchev–Trinajstić information content (AvgIpc) is 3.87. The number of fused-ring (bicyclic) bond motifs is 2. The van der Waals surface area contributed by atoms with Gasteiger partial charge in [0.15, 0.2) is 13.9 Å². The molecule has 0 aliphatic carbocycles. The fourth-order valence-corrected chi connectivity index (χ4v) is 12.5. The maximum atomic E-state index is 15.1. The number of carbonyl (C=O) groups is 2. The molecule has 0 bridgehead atoms. The largest absolute Gasteiger partial charge is 0.432 e. The summed E-state index contributed by atoms with van der Waals surface area (Å²) < 4.78 is 9.62. The molecule has 0 radical (unpaired) electrons. The first-order valence-corrected chi connectivity index (χ1v) is 22.7. The molecule has 4 aliphatic heterocycles. The number of hydrogen-bond acceptors (Lipinski definition) is 9. The number of rotatable bonds is 10. The molecule has 3 fully saturated rings. The lowest BCUT2D eigenvalue weighted by atomic mass is 9.82. The lowest BCUT2D eigenvalue weighted by molar-refractivity contribution is -0.146. The van der Waals surface area contributed by atoms with Gasteiger partial charge in [-0.1, -0.05) is 58.4 Å². The summed E-state index contributed by atoms with van der Waals surface area (Å²) >= 11 is 3.67. The van der Waals surface area contributed by atoms with Crippen molar-refractivity contribution in [3.63, 3.8) is 0 Å². The Morgan fingerprint density at radius 2 is 1.76 bits per heavy atom. The lowest BCUT2D eigenvalue weighted by Gasteiger charge is -2.39. The molecular weight excluding hydrogens is 766 g/mol. The van der Waals surface area contributed by atoms with Gasteiger partial charge in [-0.3, -0.25) is 19.2 Å². The van der Waals surface area contributed by atoms with Crippen LogP contribution in [0.5, 0.6) is 0 Å². The molecule has 4 aliphatic rings. The van der Waals surface area contributed by atoms with E-state index in [1.165, 1.54) is 0 Å². The van der Waals surface area contributed by atoms with Crippen LogP contribution in [0.2, 0.25) is 18.6 Å². The van der Waals surface area contributed by atoms with Crippen molar-refractivity contribution in [2.45, 2.75) is 81.6 Å². The van der Waals surface area contributed by atoms with Gasteiger partial charge in [0.25, 0.3) is 11.8 Å². The average molecular weight is 815 g/mol. The van der Waals surface area contributed by atoms with Crippen LogP contribution < -0.4 is 20.0 Å². The van der Waals surface area contributed by atoms with Crippen molar-refractivity contribution < 1.29 is 24.2 Å². The van der Waals surface area contributed by atoms with Gasteiger partial charge >= 0.3 is 0 Å². The van der Waals surface area contributed by atoms with Crippen molar-refractivity contribution in [3.8, 4) is 0 Å². The third-order valence-corrected chi connectivity index (χ3v) is 15.0. The Kier molecular flexibility index (Phi) is 9.80. The molecule has 3 saturated heterocycles. The van der Waals surface area contributed by atoms with Crippen molar-refractivity contribution >= 4 is 53.1 Å². The highest BCUT2D eigenvalue weighted by atomic mass is 79.9. The Hall–Kier alpha value is -3.92. The zero-order chi connectivity index (χ0) is 37.8.